The number of benzene rings is 2. The average Bonchev–Trinajstić information content (AvgIpc) is 3.25. The third-order valence-electron chi connectivity index (χ3n) is 6.57. The van der Waals surface area contributed by atoms with Crippen molar-refractivity contribution in [3.05, 3.63) is 59.8 Å². The van der Waals surface area contributed by atoms with Crippen LogP contribution in [0.3, 0.4) is 0 Å². The fourth-order valence-electron chi connectivity index (χ4n) is 4.58. The molecule has 1 N–H and O–H groups in total. The summed E-state index contributed by atoms with van der Waals surface area (Å²) in [6.45, 7) is 8.52. The number of aromatic nitrogens is 4. The molecule has 1 saturated heterocycles. The quantitative estimate of drug-likeness (QED) is 0.449. The number of ether oxygens (including phenoxy) is 1. The fraction of sp³-hybridized carbons (Fsp3) is 0.423. The maximum absolute atomic E-state index is 6.28. The molecule has 1 aliphatic heterocycles. The van der Waals surface area contributed by atoms with Gasteiger partial charge in [-0.1, -0.05) is 56.3 Å². The first-order valence-electron chi connectivity index (χ1n) is 11.8. The minimum absolute atomic E-state index is 0.0251. The molecule has 3 heterocycles. The van der Waals surface area contributed by atoms with Gasteiger partial charge in [-0.15, -0.1) is 0 Å². The van der Waals surface area contributed by atoms with Gasteiger partial charge >= 0.3 is 6.01 Å². The van der Waals surface area contributed by atoms with Crippen molar-refractivity contribution in [1.82, 2.24) is 24.5 Å². The second-order valence-corrected chi connectivity index (χ2v) is 9.37. The molecule has 4 aromatic rings. The van der Waals surface area contributed by atoms with Crippen LogP contribution >= 0.6 is 0 Å². The van der Waals surface area contributed by atoms with Crippen LogP contribution in [0.2, 0.25) is 0 Å². The van der Waals surface area contributed by atoms with Crippen LogP contribution in [-0.2, 0) is 0 Å². The van der Waals surface area contributed by atoms with E-state index in [1.165, 1.54) is 16.3 Å². The zero-order valence-electron chi connectivity index (χ0n) is 19.8. The van der Waals surface area contributed by atoms with E-state index in [0.717, 1.165) is 37.1 Å². The van der Waals surface area contributed by atoms with Crippen molar-refractivity contribution >= 4 is 22.4 Å². The number of likely N-dealkylation sites (tertiary alicyclic amines) is 1. The summed E-state index contributed by atoms with van der Waals surface area (Å²) in [6, 6.07) is 15.3. The van der Waals surface area contributed by atoms with Crippen LogP contribution in [0.25, 0.3) is 16.4 Å². The predicted octanol–water partition coefficient (Wildman–Crippen LogP) is 5.05. The number of nitrogens with zero attached hydrogens (tertiary/aromatic N) is 5. The molecule has 1 fully saturated rings. The zero-order valence-corrected chi connectivity index (χ0v) is 19.8. The molecule has 0 bridgehead atoms. The molecule has 0 aliphatic carbocycles. The Hall–Kier alpha value is -3.19. The van der Waals surface area contributed by atoms with Crippen LogP contribution in [0.5, 0.6) is 6.01 Å². The molecule has 5 rings (SSSR count). The molecule has 172 valence electrons. The molecule has 2 aromatic heterocycles. The van der Waals surface area contributed by atoms with Gasteiger partial charge in [0.25, 0.3) is 0 Å². The van der Waals surface area contributed by atoms with E-state index in [1.807, 2.05) is 6.20 Å². The number of rotatable bonds is 6. The molecular formula is C26H32N6O. The lowest BCUT2D eigenvalue weighted by atomic mass is 10.00. The van der Waals surface area contributed by atoms with Gasteiger partial charge in [0.15, 0.2) is 5.65 Å². The lowest BCUT2D eigenvalue weighted by molar-refractivity contribution is 0.105. The highest BCUT2D eigenvalue weighted by Gasteiger charge is 2.22. The Bertz CT molecular complexity index is 1250. The maximum Gasteiger partial charge on any atom is 0.322 e. The van der Waals surface area contributed by atoms with Crippen molar-refractivity contribution in [1.29, 1.82) is 0 Å². The van der Waals surface area contributed by atoms with Gasteiger partial charge in [0, 0.05) is 18.7 Å². The summed E-state index contributed by atoms with van der Waals surface area (Å²) < 4.78 is 8.09. The minimum Gasteiger partial charge on any atom is -0.460 e. The van der Waals surface area contributed by atoms with Crippen LogP contribution < -0.4 is 10.1 Å². The van der Waals surface area contributed by atoms with Crippen LogP contribution in [0.4, 0.5) is 5.95 Å². The van der Waals surface area contributed by atoms with E-state index >= 15 is 0 Å². The molecule has 0 amide bonds. The summed E-state index contributed by atoms with van der Waals surface area (Å²) in [5.74, 6) is 0.951. The molecule has 7 nitrogen and oxygen atoms in total. The Morgan fingerprint density at radius 1 is 0.970 bits per heavy atom. The molecule has 1 aliphatic rings. The number of hydrogen-bond donors (Lipinski definition) is 1. The molecule has 0 spiro atoms. The molecule has 0 radical (unpaired) electrons. The van der Waals surface area contributed by atoms with E-state index in [4.69, 9.17) is 14.7 Å². The minimum atomic E-state index is 0.0251. The van der Waals surface area contributed by atoms with Gasteiger partial charge in [-0.05, 0) is 49.1 Å². The van der Waals surface area contributed by atoms with Crippen molar-refractivity contribution in [2.75, 3.05) is 25.5 Å². The van der Waals surface area contributed by atoms with Crippen molar-refractivity contribution in [3.63, 3.8) is 0 Å². The molecule has 7 heteroatoms. The number of piperidine rings is 1. The average molecular weight is 445 g/mol. The van der Waals surface area contributed by atoms with E-state index in [2.05, 4.69) is 85.6 Å². The third kappa shape index (κ3) is 4.37. The summed E-state index contributed by atoms with van der Waals surface area (Å²) in [5, 5.41) is 10.7. The van der Waals surface area contributed by atoms with E-state index in [1.54, 1.807) is 4.52 Å². The lowest BCUT2D eigenvalue weighted by Crippen LogP contribution is -2.36. The highest BCUT2D eigenvalue weighted by atomic mass is 16.5. The molecule has 2 aromatic carbocycles. The summed E-state index contributed by atoms with van der Waals surface area (Å²) >= 11 is 0. The maximum atomic E-state index is 6.28. The van der Waals surface area contributed by atoms with Gasteiger partial charge < -0.3 is 15.0 Å². The Balaban J connectivity index is 1.50. The number of fused-ring (bicyclic) bond motifs is 2. The molecule has 33 heavy (non-hydrogen) atoms. The Labute approximate surface area is 194 Å². The number of nitrogens with one attached hydrogen (secondary N) is 1. The third-order valence-corrected chi connectivity index (χ3v) is 6.57. The summed E-state index contributed by atoms with van der Waals surface area (Å²) in [4.78, 5) is 11.9. The van der Waals surface area contributed by atoms with Crippen LogP contribution in [0.15, 0.2) is 48.7 Å². The Morgan fingerprint density at radius 3 is 2.52 bits per heavy atom. The van der Waals surface area contributed by atoms with Crippen LogP contribution in [-0.4, -0.2) is 50.7 Å². The van der Waals surface area contributed by atoms with E-state index < -0.39 is 0 Å². The Kier molecular flexibility index (Phi) is 5.89. The summed E-state index contributed by atoms with van der Waals surface area (Å²) in [5.41, 5.74) is 3.11. The molecule has 0 saturated carbocycles. The lowest BCUT2D eigenvalue weighted by Gasteiger charge is -2.28. The first kappa shape index (κ1) is 21.6. The van der Waals surface area contributed by atoms with Gasteiger partial charge in [-0.3, -0.25) is 0 Å². The van der Waals surface area contributed by atoms with Gasteiger partial charge in [0.2, 0.25) is 5.95 Å². The van der Waals surface area contributed by atoms with Crippen molar-refractivity contribution in [3.8, 4) is 6.01 Å². The summed E-state index contributed by atoms with van der Waals surface area (Å²) in [6.07, 6.45) is 3.99. The molecule has 1 unspecified atom stereocenters. The van der Waals surface area contributed by atoms with Crippen molar-refractivity contribution < 1.29 is 4.74 Å². The van der Waals surface area contributed by atoms with E-state index in [0.29, 0.717) is 17.9 Å². The predicted molar refractivity (Wildman–Crippen MR) is 132 cm³/mol. The van der Waals surface area contributed by atoms with E-state index in [9.17, 15) is 0 Å². The van der Waals surface area contributed by atoms with Crippen molar-refractivity contribution in [2.24, 2.45) is 0 Å². The van der Waals surface area contributed by atoms with Gasteiger partial charge in [0.1, 0.15) is 6.10 Å². The molecule has 1 atom stereocenters. The smallest absolute Gasteiger partial charge is 0.322 e. The van der Waals surface area contributed by atoms with Gasteiger partial charge in [-0.2, -0.15) is 19.6 Å². The SMILES string of the molecule is CC(C)c1cnn2c(NC(C)c3cccc4ccccc34)nc(OC3CCN(C)CC3)nc12. The van der Waals surface area contributed by atoms with Crippen LogP contribution in [0.1, 0.15) is 56.7 Å². The fourth-order valence-corrected chi connectivity index (χ4v) is 4.58. The van der Waals surface area contributed by atoms with Gasteiger partial charge in [0.05, 0.1) is 12.2 Å². The first-order chi connectivity index (χ1) is 16.0. The second kappa shape index (κ2) is 8.98. The monoisotopic (exact) mass is 444 g/mol. The highest BCUT2D eigenvalue weighted by Crippen LogP contribution is 2.29. The number of anilines is 1. The Morgan fingerprint density at radius 2 is 1.73 bits per heavy atom. The molecular weight excluding hydrogens is 412 g/mol. The highest BCUT2D eigenvalue weighted by molar-refractivity contribution is 5.86. The number of hydrogen-bond acceptors (Lipinski definition) is 6. The normalized spacial score (nSPS) is 16.5. The van der Waals surface area contributed by atoms with Crippen molar-refractivity contribution in [2.45, 2.75) is 51.7 Å². The zero-order chi connectivity index (χ0) is 22.9. The largest absolute Gasteiger partial charge is 0.460 e. The summed E-state index contributed by atoms with van der Waals surface area (Å²) in [7, 11) is 2.15. The van der Waals surface area contributed by atoms with Gasteiger partial charge in [-0.25, -0.2) is 0 Å². The van der Waals surface area contributed by atoms with Crippen LogP contribution in [0, 0.1) is 0 Å². The second-order valence-electron chi connectivity index (χ2n) is 9.37. The standard InChI is InChI=1S/C26H32N6O/c1-17(2)23-16-27-32-24(23)29-26(33-20-12-14-31(4)15-13-20)30-25(32)28-18(3)21-11-7-9-19-8-5-6-10-22(19)21/h5-11,16-18,20H,12-15H2,1-4H3,(H,28,29,30). The first-order valence-corrected chi connectivity index (χ1v) is 11.8. The topological polar surface area (TPSA) is 67.6 Å². The van der Waals surface area contributed by atoms with E-state index in [-0.39, 0.29) is 12.1 Å².